The van der Waals surface area contributed by atoms with E-state index in [9.17, 15) is 0 Å². The topological polar surface area (TPSA) is 122 Å². The van der Waals surface area contributed by atoms with Gasteiger partial charge in [0.1, 0.15) is 17.7 Å². The van der Waals surface area contributed by atoms with Gasteiger partial charge in [-0.05, 0) is 20.3 Å². The van der Waals surface area contributed by atoms with E-state index in [1.807, 2.05) is 23.5 Å². The predicted molar refractivity (Wildman–Crippen MR) is 109 cm³/mol. The van der Waals surface area contributed by atoms with Crippen molar-refractivity contribution >= 4 is 28.5 Å². The molecule has 1 aliphatic rings. The molecule has 0 bridgehead atoms. The molecule has 3 aromatic rings. The average molecular weight is 380 g/mol. The van der Waals surface area contributed by atoms with E-state index in [1.165, 1.54) is 0 Å². The number of aromatic nitrogens is 5. The number of hydrogen-bond donors (Lipinski definition) is 4. The quantitative estimate of drug-likeness (QED) is 0.505. The zero-order valence-electron chi connectivity index (χ0n) is 16.1. The summed E-state index contributed by atoms with van der Waals surface area (Å²) in [5.41, 5.74) is 16.3. The molecular formula is C18H24N10. The van der Waals surface area contributed by atoms with E-state index in [0.29, 0.717) is 17.0 Å². The van der Waals surface area contributed by atoms with Gasteiger partial charge in [0.25, 0.3) is 0 Å². The molecule has 28 heavy (non-hydrogen) atoms. The second kappa shape index (κ2) is 7.31. The van der Waals surface area contributed by atoms with Crippen molar-refractivity contribution in [3.8, 4) is 5.82 Å². The molecule has 0 saturated carbocycles. The number of nitrogens with two attached hydrogens (primary N) is 1. The van der Waals surface area contributed by atoms with Crippen LogP contribution in [-0.4, -0.2) is 42.1 Å². The Balaban J connectivity index is 1.76. The molecule has 0 amide bonds. The molecule has 3 aromatic heterocycles. The van der Waals surface area contributed by atoms with Crippen molar-refractivity contribution in [1.82, 2.24) is 40.5 Å². The number of rotatable bonds is 6. The molecule has 0 aromatic carbocycles. The Kier molecular flexibility index (Phi) is 4.70. The number of hydrazine groups is 2. The molecule has 0 aliphatic carbocycles. The van der Waals surface area contributed by atoms with Gasteiger partial charge in [-0.2, -0.15) is 4.98 Å². The van der Waals surface area contributed by atoms with E-state index in [1.54, 1.807) is 17.1 Å². The van der Waals surface area contributed by atoms with Gasteiger partial charge in [0.05, 0.1) is 11.9 Å². The zero-order valence-corrected chi connectivity index (χ0v) is 16.1. The van der Waals surface area contributed by atoms with Crippen LogP contribution in [0.25, 0.3) is 22.7 Å². The van der Waals surface area contributed by atoms with E-state index in [0.717, 1.165) is 29.9 Å². The SMILES string of the molecule is CCCN1C=C(c2cnc(-n3cnc4cnc(N)nc43)cc2NC(C)C)NN1. The highest BCUT2D eigenvalue weighted by Crippen LogP contribution is 2.27. The number of imidazole rings is 1. The molecule has 0 unspecified atom stereocenters. The van der Waals surface area contributed by atoms with Gasteiger partial charge in [0.2, 0.25) is 5.95 Å². The molecule has 10 nitrogen and oxygen atoms in total. The van der Waals surface area contributed by atoms with E-state index < -0.39 is 0 Å². The molecule has 0 atom stereocenters. The van der Waals surface area contributed by atoms with Gasteiger partial charge in [-0.15, -0.1) is 5.53 Å². The Morgan fingerprint density at radius 2 is 2.07 bits per heavy atom. The van der Waals surface area contributed by atoms with Gasteiger partial charge >= 0.3 is 0 Å². The first-order valence-corrected chi connectivity index (χ1v) is 9.28. The summed E-state index contributed by atoms with van der Waals surface area (Å²) in [6, 6.07) is 2.24. The van der Waals surface area contributed by atoms with Crippen LogP contribution in [0.3, 0.4) is 0 Å². The summed E-state index contributed by atoms with van der Waals surface area (Å²) in [4.78, 5) is 17.3. The van der Waals surface area contributed by atoms with Gasteiger partial charge < -0.3 is 16.5 Å². The first-order valence-electron chi connectivity index (χ1n) is 9.28. The lowest BCUT2D eigenvalue weighted by Gasteiger charge is -2.16. The van der Waals surface area contributed by atoms with Crippen LogP contribution in [-0.2, 0) is 0 Å². The van der Waals surface area contributed by atoms with Gasteiger partial charge in [-0.3, -0.25) is 9.58 Å². The second-order valence-electron chi connectivity index (χ2n) is 6.91. The number of nitrogens with zero attached hydrogens (tertiary/aromatic N) is 6. The fourth-order valence-corrected chi connectivity index (χ4v) is 3.06. The van der Waals surface area contributed by atoms with Gasteiger partial charge in [-0.1, -0.05) is 6.92 Å². The number of anilines is 2. The van der Waals surface area contributed by atoms with E-state index in [-0.39, 0.29) is 12.0 Å². The fourth-order valence-electron chi connectivity index (χ4n) is 3.06. The maximum absolute atomic E-state index is 5.75. The van der Waals surface area contributed by atoms with Crippen molar-refractivity contribution in [3.05, 3.63) is 36.6 Å². The largest absolute Gasteiger partial charge is 0.382 e. The summed E-state index contributed by atoms with van der Waals surface area (Å²) in [6.07, 6.45) is 8.22. The summed E-state index contributed by atoms with van der Waals surface area (Å²) in [5, 5.41) is 5.52. The molecule has 146 valence electrons. The van der Waals surface area contributed by atoms with Crippen LogP contribution in [0.2, 0.25) is 0 Å². The van der Waals surface area contributed by atoms with E-state index in [4.69, 9.17) is 5.73 Å². The minimum Gasteiger partial charge on any atom is -0.382 e. The number of pyridine rings is 1. The molecule has 5 N–H and O–H groups in total. The number of nitrogen functional groups attached to an aromatic ring is 1. The molecule has 4 heterocycles. The molecule has 4 rings (SSSR count). The number of hydrogen-bond acceptors (Lipinski definition) is 9. The maximum Gasteiger partial charge on any atom is 0.222 e. The molecule has 0 spiro atoms. The minimum atomic E-state index is 0.203. The minimum absolute atomic E-state index is 0.203. The normalized spacial score (nSPS) is 13.9. The lowest BCUT2D eigenvalue weighted by molar-refractivity contribution is 0.273. The molecular weight excluding hydrogens is 356 g/mol. The van der Waals surface area contributed by atoms with Gasteiger partial charge in [0.15, 0.2) is 5.65 Å². The van der Waals surface area contributed by atoms with Crippen molar-refractivity contribution in [2.45, 2.75) is 33.2 Å². The van der Waals surface area contributed by atoms with Gasteiger partial charge in [-0.25, -0.2) is 15.0 Å². The van der Waals surface area contributed by atoms with E-state index in [2.05, 4.69) is 57.0 Å². The third-order valence-corrected chi connectivity index (χ3v) is 4.26. The van der Waals surface area contributed by atoms with Crippen LogP contribution < -0.4 is 22.0 Å². The fraction of sp³-hybridized carbons (Fsp3) is 0.333. The summed E-state index contributed by atoms with van der Waals surface area (Å²) in [5.74, 6) is 0.901. The van der Waals surface area contributed by atoms with Crippen molar-refractivity contribution in [2.75, 3.05) is 17.6 Å². The van der Waals surface area contributed by atoms with Crippen LogP contribution in [0.15, 0.2) is 31.0 Å². The first kappa shape index (κ1) is 18.0. The lowest BCUT2D eigenvalue weighted by atomic mass is 10.1. The number of fused-ring (bicyclic) bond motifs is 1. The molecule has 1 aliphatic heterocycles. The van der Waals surface area contributed by atoms with E-state index >= 15 is 0 Å². The predicted octanol–water partition coefficient (Wildman–Crippen LogP) is 1.65. The summed E-state index contributed by atoms with van der Waals surface area (Å²) in [7, 11) is 0. The van der Waals surface area contributed by atoms with Gasteiger partial charge in [0, 0.05) is 42.3 Å². The highest BCUT2D eigenvalue weighted by molar-refractivity contribution is 5.77. The molecule has 0 saturated heterocycles. The van der Waals surface area contributed by atoms with Crippen molar-refractivity contribution < 1.29 is 0 Å². The standard InChI is InChI=1S/C18H24N10/c1-4-5-27-9-15(25-26-27)12-7-20-16(6-13(12)23-11(2)3)28-10-22-14-8-21-18(19)24-17(14)28/h6-11,25-26H,4-5H2,1-3H3,(H,20,23)(H2,19,21,24). The smallest absolute Gasteiger partial charge is 0.222 e. The van der Waals surface area contributed by atoms with Crippen LogP contribution in [0.1, 0.15) is 32.8 Å². The third-order valence-electron chi connectivity index (χ3n) is 4.26. The highest BCUT2D eigenvalue weighted by Gasteiger charge is 2.18. The van der Waals surface area contributed by atoms with Crippen LogP contribution in [0.4, 0.5) is 11.6 Å². The van der Waals surface area contributed by atoms with Crippen LogP contribution in [0, 0.1) is 0 Å². The molecule has 0 fully saturated rings. The van der Waals surface area contributed by atoms with Crippen molar-refractivity contribution in [3.63, 3.8) is 0 Å². The Morgan fingerprint density at radius 1 is 1.21 bits per heavy atom. The second-order valence-corrected chi connectivity index (χ2v) is 6.91. The molecule has 0 radical (unpaired) electrons. The lowest BCUT2D eigenvalue weighted by Crippen LogP contribution is -2.36. The Hall–Kier alpha value is -3.40. The zero-order chi connectivity index (χ0) is 19.7. The molecule has 10 heteroatoms. The van der Waals surface area contributed by atoms with Crippen molar-refractivity contribution in [1.29, 1.82) is 0 Å². The van der Waals surface area contributed by atoms with Crippen LogP contribution >= 0.6 is 0 Å². The monoisotopic (exact) mass is 380 g/mol. The van der Waals surface area contributed by atoms with Crippen LogP contribution in [0.5, 0.6) is 0 Å². The summed E-state index contributed by atoms with van der Waals surface area (Å²) in [6.45, 7) is 7.25. The van der Waals surface area contributed by atoms with Crippen molar-refractivity contribution in [2.24, 2.45) is 0 Å². The highest BCUT2D eigenvalue weighted by atomic mass is 15.7. The maximum atomic E-state index is 5.75. The Bertz CT molecular complexity index is 1020. The first-order chi connectivity index (χ1) is 13.5. The third kappa shape index (κ3) is 3.41. The summed E-state index contributed by atoms with van der Waals surface area (Å²) >= 11 is 0. The Labute approximate surface area is 162 Å². The summed E-state index contributed by atoms with van der Waals surface area (Å²) < 4.78 is 1.81. The Morgan fingerprint density at radius 3 is 2.86 bits per heavy atom. The average Bonchev–Trinajstić information content (AvgIpc) is 3.28. The number of nitrogens with one attached hydrogen (secondary N) is 3.